The van der Waals surface area contributed by atoms with Crippen molar-refractivity contribution in [1.29, 1.82) is 0 Å². The molecule has 1 saturated heterocycles. The fourth-order valence-electron chi connectivity index (χ4n) is 2.53. The van der Waals surface area contributed by atoms with Crippen LogP contribution < -0.4 is 0 Å². The van der Waals surface area contributed by atoms with Crippen molar-refractivity contribution in [3.05, 3.63) is 12.2 Å². The maximum atomic E-state index is 6.51. The minimum Gasteiger partial charge on any atom is -0.411 e. The number of rotatable bonds is 2. The predicted molar refractivity (Wildman–Crippen MR) is 79.7 cm³/mol. The van der Waals surface area contributed by atoms with Crippen LogP contribution in [0.1, 0.15) is 41.0 Å². The molecule has 0 spiro atoms. The summed E-state index contributed by atoms with van der Waals surface area (Å²) >= 11 is 0. The third-order valence-electron chi connectivity index (χ3n) is 4.61. The van der Waals surface area contributed by atoms with E-state index in [0.717, 1.165) is 12.0 Å². The molecule has 2 fully saturated rings. The van der Waals surface area contributed by atoms with Gasteiger partial charge in [0.15, 0.2) is 14.1 Å². The van der Waals surface area contributed by atoms with Crippen LogP contribution in [0.5, 0.6) is 0 Å². The van der Waals surface area contributed by atoms with E-state index in [1.807, 2.05) is 13.8 Å². The molecule has 3 nitrogen and oxygen atoms in total. The van der Waals surface area contributed by atoms with Gasteiger partial charge in [0.25, 0.3) is 0 Å². The third kappa shape index (κ3) is 2.82. The largest absolute Gasteiger partial charge is 0.411 e. The molecular formula is C15H28O3Si. The van der Waals surface area contributed by atoms with Gasteiger partial charge in [0.05, 0.1) is 6.10 Å². The summed E-state index contributed by atoms with van der Waals surface area (Å²) in [6.45, 7) is 19.4. The monoisotopic (exact) mass is 284 g/mol. The van der Waals surface area contributed by atoms with Gasteiger partial charge in [-0.25, -0.2) is 0 Å². The highest BCUT2D eigenvalue weighted by atomic mass is 28.4. The topological polar surface area (TPSA) is 27.7 Å². The lowest BCUT2D eigenvalue weighted by molar-refractivity contribution is -0.156. The van der Waals surface area contributed by atoms with Crippen molar-refractivity contribution in [3.63, 3.8) is 0 Å². The van der Waals surface area contributed by atoms with Gasteiger partial charge >= 0.3 is 0 Å². The Bertz CT molecular complexity index is 381. The van der Waals surface area contributed by atoms with E-state index in [2.05, 4.69) is 40.4 Å². The van der Waals surface area contributed by atoms with Gasteiger partial charge in [-0.05, 0) is 44.0 Å². The van der Waals surface area contributed by atoms with Gasteiger partial charge < -0.3 is 13.9 Å². The quantitative estimate of drug-likeness (QED) is 0.569. The average molecular weight is 284 g/mol. The lowest BCUT2D eigenvalue weighted by Crippen LogP contribution is -2.46. The van der Waals surface area contributed by atoms with E-state index in [0.29, 0.717) is 0 Å². The molecule has 1 aliphatic carbocycles. The molecule has 2 aliphatic rings. The minimum atomic E-state index is -1.78. The van der Waals surface area contributed by atoms with Crippen LogP contribution in [0.2, 0.25) is 18.1 Å². The van der Waals surface area contributed by atoms with Crippen LogP contribution in [-0.2, 0) is 13.9 Å². The molecule has 0 amide bonds. The molecule has 1 heterocycles. The van der Waals surface area contributed by atoms with Crippen molar-refractivity contribution in [2.75, 3.05) is 0 Å². The van der Waals surface area contributed by atoms with Crippen LogP contribution in [-0.4, -0.2) is 32.4 Å². The highest BCUT2D eigenvalue weighted by Crippen LogP contribution is 2.45. The van der Waals surface area contributed by atoms with Gasteiger partial charge in [-0.1, -0.05) is 27.4 Å². The van der Waals surface area contributed by atoms with Crippen molar-refractivity contribution < 1.29 is 13.9 Å². The second kappa shape index (κ2) is 4.42. The zero-order valence-electron chi connectivity index (χ0n) is 13.4. The van der Waals surface area contributed by atoms with Crippen LogP contribution in [0.15, 0.2) is 12.2 Å². The highest BCUT2D eigenvalue weighted by Gasteiger charge is 2.53. The van der Waals surface area contributed by atoms with Crippen molar-refractivity contribution in [2.24, 2.45) is 0 Å². The molecule has 0 bridgehead atoms. The Hall–Kier alpha value is -0.163. The molecule has 1 saturated carbocycles. The molecule has 19 heavy (non-hydrogen) atoms. The summed E-state index contributed by atoms with van der Waals surface area (Å²) < 4.78 is 18.5. The van der Waals surface area contributed by atoms with E-state index in [1.165, 1.54) is 0 Å². The fraction of sp³-hybridized carbons (Fsp3) is 0.867. The molecule has 0 aromatic rings. The smallest absolute Gasteiger partial charge is 0.192 e. The minimum absolute atomic E-state index is 0.00442. The van der Waals surface area contributed by atoms with Gasteiger partial charge in [0.2, 0.25) is 0 Å². The lowest BCUT2D eigenvalue weighted by atomic mass is 10.2. The number of hydrogen-bond acceptors (Lipinski definition) is 3. The van der Waals surface area contributed by atoms with Gasteiger partial charge in [-0.3, -0.25) is 0 Å². The second-order valence-electron chi connectivity index (χ2n) is 7.80. The first-order valence-corrected chi connectivity index (χ1v) is 10.0. The van der Waals surface area contributed by atoms with E-state index in [4.69, 9.17) is 13.9 Å². The summed E-state index contributed by atoms with van der Waals surface area (Å²) in [4.78, 5) is 0. The molecule has 0 unspecified atom stereocenters. The van der Waals surface area contributed by atoms with Crippen molar-refractivity contribution >= 4 is 8.32 Å². The Morgan fingerprint density at radius 1 is 1.26 bits per heavy atom. The first-order chi connectivity index (χ1) is 8.43. The summed E-state index contributed by atoms with van der Waals surface area (Å²) in [5, 5.41) is 0.210. The van der Waals surface area contributed by atoms with Gasteiger partial charge in [-0.15, -0.1) is 0 Å². The first kappa shape index (κ1) is 15.2. The Morgan fingerprint density at radius 3 is 2.37 bits per heavy atom. The van der Waals surface area contributed by atoms with Crippen LogP contribution in [0, 0.1) is 0 Å². The van der Waals surface area contributed by atoms with E-state index in [1.54, 1.807) is 0 Å². The molecule has 0 N–H and O–H groups in total. The van der Waals surface area contributed by atoms with Crippen LogP contribution in [0.4, 0.5) is 0 Å². The van der Waals surface area contributed by atoms with E-state index >= 15 is 0 Å². The predicted octanol–water partition coefficient (Wildman–Crippen LogP) is 3.86. The van der Waals surface area contributed by atoms with Crippen LogP contribution in [0.3, 0.4) is 0 Å². The summed E-state index contributed by atoms with van der Waals surface area (Å²) in [5.74, 6) is -0.520. The van der Waals surface area contributed by atoms with Crippen molar-refractivity contribution in [2.45, 2.75) is 83.3 Å². The molecule has 4 heteroatoms. The van der Waals surface area contributed by atoms with Crippen molar-refractivity contribution in [3.8, 4) is 0 Å². The molecule has 0 radical (unpaired) electrons. The van der Waals surface area contributed by atoms with E-state index in [-0.39, 0.29) is 23.4 Å². The summed E-state index contributed by atoms with van der Waals surface area (Å²) in [5.41, 5.74) is 1.11. The van der Waals surface area contributed by atoms with Gasteiger partial charge in [0.1, 0.15) is 12.2 Å². The van der Waals surface area contributed by atoms with Crippen LogP contribution in [0.25, 0.3) is 0 Å². The Labute approximate surface area is 118 Å². The van der Waals surface area contributed by atoms with E-state index < -0.39 is 14.1 Å². The second-order valence-corrected chi connectivity index (χ2v) is 12.6. The Morgan fingerprint density at radius 2 is 1.84 bits per heavy atom. The zero-order valence-corrected chi connectivity index (χ0v) is 14.4. The zero-order chi connectivity index (χ0) is 14.6. The number of hydrogen-bond donors (Lipinski definition) is 0. The molecule has 2 rings (SSSR count). The average Bonchev–Trinajstić information content (AvgIpc) is 2.62. The highest BCUT2D eigenvalue weighted by molar-refractivity contribution is 6.74. The standard InChI is InChI=1S/C15H28O3Si/c1-10-9-11(18-19(7,8)14(2,3)4)13-12(10)16-15(5,6)17-13/h11-13H,1,9H2,2-8H3/t11-,12+,13-/m0/s1. The normalized spacial score (nSPS) is 34.7. The third-order valence-corrected chi connectivity index (χ3v) is 9.12. The molecule has 110 valence electrons. The maximum absolute atomic E-state index is 6.51. The van der Waals surface area contributed by atoms with Gasteiger partial charge in [0, 0.05) is 0 Å². The lowest BCUT2D eigenvalue weighted by Gasteiger charge is -2.39. The molecule has 0 aromatic carbocycles. The van der Waals surface area contributed by atoms with Crippen LogP contribution >= 0.6 is 0 Å². The van der Waals surface area contributed by atoms with Crippen molar-refractivity contribution in [1.82, 2.24) is 0 Å². The Kier molecular flexibility index (Phi) is 3.54. The fourth-order valence-corrected chi connectivity index (χ4v) is 3.86. The number of ether oxygens (including phenoxy) is 2. The SMILES string of the molecule is C=C1C[C@H](O[Si](C)(C)C(C)(C)C)[C@@H]2OC(C)(C)O[C@H]12. The molecular weight excluding hydrogens is 256 g/mol. The first-order valence-electron chi connectivity index (χ1n) is 7.14. The summed E-state index contributed by atoms with van der Waals surface area (Å²) in [6.07, 6.45) is 0.972. The maximum Gasteiger partial charge on any atom is 0.192 e. The molecule has 3 atom stereocenters. The Balaban J connectivity index is 2.13. The van der Waals surface area contributed by atoms with E-state index in [9.17, 15) is 0 Å². The molecule has 1 aliphatic heterocycles. The number of fused-ring (bicyclic) bond motifs is 1. The summed E-state index contributed by atoms with van der Waals surface area (Å²) in [7, 11) is -1.78. The van der Waals surface area contributed by atoms with Gasteiger partial charge in [-0.2, -0.15) is 0 Å². The summed E-state index contributed by atoms with van der Waals surface area (Å²) in [6, 6.07) is 0. The molecule has 0 aromatic heterocycles.